The van der Waals surface area contributed by atoms with Crippen molar-refractivity contribution in [1.29, 1.82) is 0 Å². The summed E-state index contributed by atoms with van der Waals surface area (Å²) in [6.45, 7) is 10.4. The number of benzene rings is 1. The fraction of sp³-hybridized carbons (Fsp3) is 0.583. The minimum atomic E-state index is -5.08. The predicted molar refractivity (Wildman–Crippen MR) is 126 cm³/mol. The number of carboxylic acid groups (broad SMARTS) is 1. The molecule has 1 aliphatic heterocycles. The Morgan fingerprint density at radius 1 is 1.21 bits per heavy atom. The third-order valence-electron chi connectivity index (χ3n) is 5.72. The van der Waals surface area contributed by atoms with Gasteiger partial charge in [-0.2, -0.15) is 18.3 Å². The molecule has 0 aliphatic carbocycles. The Morgan fingerprint density at radius 3 is 2.38 bits per heavy atom. The Bertz CT molecular complexity index is 950. The van der Waals surface area contributed by atoms with Crippen molar-refractivity contribution in [2.45, 2.75) is 52.6 Å². The summed E-state index contributed by atoms with van der Waals surface area (Å²) in [6, 6.07) is 4.57. The first-order valence-corrected chi connectivity index (χ1v) is 11.4. The number of hydrogen-bond acceptors (Lipinski definition) is 5. The van der Waals surface area contributed by atoms with E-state index in [1.165, 1.54) is 45.9 Å². The molecule has 2 aromatic rings. The Kier molecular flexibility index (Phi) is 9.93. The van der Waals surface area contributed by atoms with Crippen LogP contribution in [0.25, 0.3) is 0 Å². The third kappa shape index (κ3) is 7.20. The maximum Gasteiger partial charge on any atom is 0.490 e. The van der Waals surface area contributed by atoms with Crippen molar-refractivity contribution in [2.75, 3.05) is 38.3 Å². The van der Waals surface area contributed by atoms with Crippen molar-refractivity contribution >= 4 is 17.5 Å². The molecule has 1 aromatic carbocycles. The predicted octanol–water partition coefficient (Wildman–Crippen LogP) is 4.23. The molecule has 34 heavy (non-hydrogen) atoms. The summed E-state index contributed by atoms with van der Waals surface area (Å²) >= 11 is 0. The molecule has 1 aliphatic rings. The van der Waals surface area contributed by atoms with Crippen LogP contribution in [-0.2, 0) is 29.4 Å². The normalized spacial score (nSPS) is 13.4. The average molecular weight is 485 g/mol. The fourth-order valence-corrected chi connectivity index (χ4v) is 4.39. The molecule has 2 heterocycles. The van der Waals surface area contributed by atoms with Gasteiger partial charge in [-0.05, 0) is 64.1 Å². The van der Waals surface area contributed by atoms with Gasteiger partial charge in [0.25, 0.3) is 0 Å². The van der Waals surface area contributed by atoms with Crippen molar-refractivity contribution < 1.29 is 27.8 Å². The highest BCUT2D eigenvalue weighted by Gasteiger charge is 2.38. The zero-order chi connectivity index (χ0) is 25.5. The molecule has 0 unspecified atom stereocenters. The standard InChI is InChI=1S/C22H34N4O.C2HF3O2/c1-16-14-17(2)21(18(3)15-16)26-12-7-8-19-20(25(4)24-22(19)26)9-6-10-23-11-13-27-5;3-2(4,5)1(6)7/h14-15,23H,6-13H2,1-5H3;(H,6,7). The average Bonchev–Trinajstić information content (AvgIpc) is 3.05. The van der Waals surface area contributed by atoms with E-state index in [0.29, 0.717) is 0 Å². The van der Waals surface area contributed by atoms with Gasteiger partial charge in [-0.1, -0.05) is 17.7 Å². The number of fused-ring (bicyclic) bond motifs is 1. The lowest BCUT2D eigenvalue weighted by atomic mass is 9.98. The number of nitrogens with one attached hydrogen (secondary N) is 1. The maximum absolute atomic E-state index is 10.6. The molecule has 0 saturated heterocycles. The van der Waals surface area contributed by atoms with Gasteiger partial charge < -0.3 is 20.1 Å². The first-order chi connectivity index (χ1) is 16.0. The highest BCUT2D eigenvalue weighted by Crippen LogP contribution is 2.38. The van der Waals surface area contributed by atoms with Gasteiger partial charge in [0.2, 0.25) is 0 Å². The number of hydrogen-bond donors (Lipinski definition) is 2. The van der Waals surface area contributed by atoms with E-state index in [1.54, 1.807) is 7.11 Å². The number of anilines is 2. The van der Waals surface area contributed by atoms with Crippen LogP contribution in [0.15, 0.2) is 12.1 Å². The lowest BCUT2D eigenvalue weighted by molar-refractivity contribution is -0.192. The number of alkyl halides is 3. The van der Waals surface area contributed by atoms with Gasteiger partial charge in [-0.15, -0.1) is 0 Å². The van der Waals surface area contributed by atoms with Crippen molar-refractivity contribution in [3.63, 3.8) is 0 Å². The Morgan fingerprint density at radius 2 is 1.82 bits per heavy atom. The van der Waals surface area contributed by atoms with Crippen molar-refractivity contribution in [1.82, 2.24) is 15.1 Å². The molecule has 0 spiro atoms. The van der Waals surface area contributed by atoms with E-state index in [-0.39, 0.29) is 0 Å². The van der Waals surface area contributed by atoms with Crippen molar-refractivity contribution in [3.05, 3.63) is 40.1 Å². The SMILES string of the molecule is COCCNCCCc1c2c(nn1C)N(c1c(C)cc(C)cc1C)CCC2.O=C(O)C(F)(F)F. The second kappa shape index (κ2) is 12.2. The van der Waals surface area contributed by atoms with Gasteiger partial charge in [-0.3, -0.25) is 4.68 Å². The maximum atomic E-state index is 10.6. The molecule has 0 saturated carbocycles. The van der Waals surface area contributed by atoms with Gasteiger partial charge in [0.15, 0.2) is 5.82 Å². The van der Waals surface area contributed by atoms with Crippen LogP contribution in [0.1, 0.15) is 40.8 Å². The number of carboxylic acids is 1. The Hall–Kier alpha value is -2.59. The van der Waals surface area contributed by atoms with Crippen LogP contribution in [0.2, 0.25) is 0 Å². The molecule has 0 bridgehead atoms. The summed E-state index contributed by atoms with van der Waals surface area (Å²) in [5, 5.41) is 15.5. The van der Waals surface area contributed by atoms with E-state index < -0.39 is 12.1 Å². The highest BCUT2D eigenvalue weighted by atomic mass is 19.4. The van der Waals surface area contributed by atoms with Gasteiger partial charge >= 0.3 is 12.1 Å². The number of halogens is 3. The van der Waals surface area contributed by atoms with Gasteiger partial charge in [0, 0.05) is 44.2 Å². The van der Waals surface area contributed by atoms with Crippen molar-refractivity contribution in [3.8, 4) is 0 Å². The quantitative estimate of drug-likeness (QED) is 0.546. The number of aryl methyl sites for hydroxylation is 4. The van der Waals surface area contributed by atoms with Gasteiger partial charge in [-0.25, -0.2) is 4.79 Å². The van der Waals surface area contributed by atoms with Crippen molar-refractivity contribution in [2.24, 2.45) is 7.05 Å². The molecular weight excluding hydrogens is 449 g/mol. The number of ether oxygens (including phenoxy) is 1. The molecule has 0 radical (unpaired) electrons. The van der Waals surface area contributed by atoms with Crippen LogP contribution in [0.3, 0.4) is 0 Å². The van der Waals surface area contributed by atoms with E-state index in [2.05, 4.69) is 54.9 Å². The monoisotopic (exact) mass is 484 g/mol. The zero-order valence-corrected chi connectivity index (χ0v) is 20.6. The molecule has 7 nitrogen and oxygen atoms in total. The lowest BCUT2D eigenvalue weighted by Gasteiger charge is -2.31. The summed E-state index contributed by atoms with van der Waals surface area (Å²) < 4.78 is 38.9. The summed E-state index contributed by atoms with van der Waals surface area (Å²) in [5.74, 6) is -1.59. The molecule has 2 N–H and O–H groups in total. The van der Waals surface area contributed by atoms with E-state index >= 15 is 0 Å². The first-order valence-electron chi connectivity index (χ1n) is 11.4. The van der Waals surface area contributed by atoms with Gasteiger partial charge in [0.1, 0.15) is 0 Å². The molecular formula is C24H35F3N4O3. The number of aromatic nitrogens is 2. The van der Waals surface area contributed by atoms with Crippen LogP contribution < -0.4 is 10.2 Å². The van der Waals surface area contributed by atoms with Crippen LogP contribution in [0, 0.1) is 20.8 Å². The molecule has 1 aromatic heterocycles. The fourth-order valence-electron chi connectivity index (χ4n) is 4.39. The Labute approximate surface area is 198 Å². The van der Waals surface area contributed by atoms with Gasteiger partial charge in [0.05, 0.1) is 6.61 Å². The first kappa shape index (κ1) is 27.7. The van der Waals surface area contributed by atoms with Crippen LogP contribution in [0.4, 0.5) is 24.7 Å². The summed E-state index contributed by atoms with van der Waals surface area (Å²) in [6.07, 6.45) is -0.572. The minimum absolute atomic E-state index is 0.769. The smallest absolute Gasteiger partial charge is 0.475 e. The molecule has 3 rings (SSSR count). The molecule has 0 fully saturated rings. The number of nitrogens with zero attached hydrogens (tertiary/aromatic N) is 3. The minimum Gasteiger partial charge on any atom is -0.475 e. The third-order valence-corrected chi connectivity index (χ3v) is 5.72. The van der Waals surface area contributed by atoms with E-state index in [0.717, 1.165) is 45.5 Å². The Balaban J connectivity index is 0.000000509. The second-order valence-electron chi connectivity index (χ2n) is 8.52. The van der Waals surface area contributed by atoms with Crippen LogP contribution >= 0.6 is 0 Å². The van der Waals surface area contributed by atoms with E-state index in [4.69, 9.17) is 19.7 Å². The lowest BCUT2D eigenvalue weighted by Crippen LogP contribution is -2.26. The molecule has 0 atom stereocenters. The highest BCUT2D eigenvalue weighted by molar-refractivity contribution is 5.73. The molecule has 10 heteroatoms. The molecule has 190 valence electrons. The topological polar surface area (TPSA) is 79.6 Å². The molecule has 0 amide bonds. The largest absolute Gasteiger partial charge is 0.490 e. The van der Waals surface area contributed by atoms with E-state index in [1.807, 2.05) is 0 Å². The summed E-state index contributed by atoms with van der Waals surface area (Å²) in [5.41, 5.74) is 8.19. The van der Waals surface area contributed by atoms with Crippen LogP contribution in [-0.4, -0.2) is 60.4 Å². The van der Waals surface area contributed by atoms with Crippen LogP contribution in [0.5, 0.6) is 0 Å². The number of rotatable bonds is 8. The number of aliphatic carboxylic acids is 1. The number of methoxy groups -OCH3 is 1. The van der Waals surface area contributed by atoms with E-state index in [9.17, 15) is 13.2 Å². The summed E-state index contributed by atoms with van der Waals surface area (Å²) in [4.78, 5) is 11.3. The summed E-state index contributed by atoms with van der Waals surface area (Å²) in [7, 11) is 3.84. The second-order valence-corrected chi connectivity index (χ2v) is 8.52. The zero-order valence-electron chi connectivity index (χ0n) is 20.6. The number of carbonyl (C=O) groups is 1.